The first-order valence-electron chi connectivity index (χ1n) is 21.0. The third-order valence-corrected chi connectivity index (χ3v) is 12.5. The fraction of sp³-hybridized carbons (Fsp3) is 0. The van der Waals surface area contributed by atoms with Crippen LogP contribution in [-0.2, 0) is 0 Å². The quantitative estimate of drug-likeness (QED) is 0.168. The molecule has 0 amide bonds. The predicted octanol–water partition coefficient (Wildman–Crippen LogP) is 17.0. The summed E-state index contributed by atoms with van der Waals surface area (Å²) >= 11 is 0. The Morgan fingerprint density at radius 1 is 0.290 bits per heavy atom. The van der Waals surface area contributed by atoms with Crippen molar-refractivity contribution in [1.82, 2.24) is 0 Å². The second kappa shape index (κ2) is 13.6. The first-order valence-corrected chi connectivity index (χ1v) is 21.0. The summed E-state index contributed by atoms with van der Waals surface area (Å²) in [6.07, 6.45) is 0. The fourth-order valence-corrected chi connectivity index (χ4v) is 9.53. The molecule has 0 aliphatic carbocycles. The Morgan fingerprint density at radius 3 is 1.65 bits per heavy atom. The van der Waals surface area contributed by atoms with Gasteiger partial charge in [0.25, 0.3) is 0 Å². The van der Waals surface area contributed by atoms with E-state index in [0.717, 1.165) is 122 Å². The van der Waals surface area contributed by atoms with E-state index in [0.29, 0.717) is 0 Å². The number of para-hydroxylation sites is 4. The van der Waals surface area contributed by atoms with Gasteiger partial charge in [0.15, 0.2) is 0 Å². The van der Waals surface area contributed by atoms with Crippen LogP contribution in [0.4, 0.5) is 17.1 Å². The van der Waals surface area contributed by atoms with Crippen molar-refractivity contribution in [2.24, 2.45) is 0 Å². The second-order valence-electron chi connectivity index (χ2n) is 16.0. The minimum atomic E-state index is 0.866. The van der Waals surface area contributed by atoms with Crippen molar-refractivity contribution in [3.63, 3.8) is 0 Å². The van der Waals surface area contributed by atoms with E-state index >= 15 is 0 Å². The summed E-state index contributed by atoms with van der Waals surface area (Å²) in [5.41, 5.74) is 15.1. The smallest absolute Gasteiger partial charge is 0.143 e. The SMILES string of the molecule is c1ccc(N(c2ccc(-c3ccc4oc5ccccc5c4c3)cc2)c2ccc(-c3cccc4c3oc3ccccc34)cc2)c(-c2cccc3oc4cc5ccccc5cc4c23)c1. The molecule has 0 unspecified atom stereocenters. The third-order valence-electron chi connectivity index (χ3n) is 12.5. The molecule has 0 N–H and O–H groups in total. The van der Waals surface area contributed by atoms with Gasteiger partial charge in [-0.05, 0) is 106 Å². The number of benzene rings is 10. The van der Waals surface area contributed by atoms with Crippen LogP contribution in [0.15, 0.2) is 226 Å². The van der Waals surface area contributed by atoms with E-state index in [9.17, 15) is 0 Å². The molecule has 0 radical (unpaired) electrons. The fourth-order valence-electron chi connectivity index (χ4n) is 9.53. The predicted molar refractivity (Wildman–Crippen MR) is 257 cm³/mol. The molecule has 0 bridgehead atoms. The lowest BCUT2D eigenvalue weighted by atomic mass is 9.95. The van der Waals surface area contributed by atoms with E-state index in [1.54, 1.807) is 0 Å². The molecule has 0 aliphatic heterocycles. The number of hydrogen-bond acceptors (Lipinski definition) is 4. The molecule has 0 fully saturated rings. The maximum absolute atomic E-state index is 6.57. The zero-order valence-electron chi connectivity index (χ0n) is 33.4. The van der Waals surface area contributed by atoms with Gasteiger partial charge in [0.05, 0.1) is 5.69 Å². The summed E-state index contributed by atoms with van der Waals surface area (Å²) in [5, 5.41) is 9.03. The summed E-state index contributed by atoms with van der Waals surface area (Å²) in [6.45, 7) is 0. The minimum Gasteiger partial charge on any atom is -0.456 e. The number of rotatable bonds is 6. The van der Waals surface area contributed by atoms with Gasteiger partial charge in [-0.2, -0.15) is 0 Å². The number of nitrogens with zero attached hydrogens (tertiary/aromatic N) is 1. The van der Waals surface area contributed by atoms with Gasteiger partial charge in [-0.1, -0.05) is 140 Å². The van der Waals surface area contributed by atoms with Crippen LogP contribution in [0.2, 0.25) is 0 Å². The minimum absolute atomic E-state index is 0.866. The zero-order valence-corrected chi connectivity index (χ0v) is 33.4. The van der Waals surface area contributed by atoms with Gasteiger partial charge < -0.3 is 18.2 Å². The summed E-state index contributed by atoms with van der Waals surface area (Å²) < 4.78 is 19.2. The van der Waals surface area contributed by atoms with E-state index in [4.69, 9.17) is 13.3 Å². The zero-order chi connectivity index (χ0) is 40.7. The average Bonchev–Trinajstić information content (AvgIpc) is 4.02. The van der Waals surface area contributed by atoms with Crippen LogP contribution >= 0.6 is 0 Å². The third kappa shape index (κ3) is 5.40. The molecule has 0 atom stereocenters. The number of anilines is 3. The van der Waals surface area contributed by atoms with Gasteiger partial charge in [0, 0.05) is 54.8 Å². The number of hydrogen-bond donors (Lipinski definition) is 0. The summed E-state index contributed by atoms with van der Waals surface area (Å²) in [4.78, 5) is 2.37. The summed E-state index contributed by atoms with van der Waals surface area (Å²) in [7, 11) is 0. The summed E-state index contributed by atoms with van der Waals surface area (Å²) in [6, 6.07) is 75.1. The Balaban J connectivity index is 0.973. The van der Waals surface area contributed by atoms with Gasteiger partial charge in [0.1, 0.15) is 33.5 Å². The van der Waals surface area contributed by atoms with Gasteiger partial charge in [-0.15, -0.1) is 0 Å². The first-order chi connectivity index (χ1) is 30.7. The standard InChI is InChI=1S/C58H35NO3/c1-2-12-39-35-56-50(34-38(39)11-1)57-47(17-10-22-55(57)61-56)44-13-3-6-19-51(44)59(41-28-23-36(24-29-41)40-27-32-54-49(33-40)46-15-5-7-20-52(46)60-54)42-30-25-37(26-31-42)43-16-9-18-48-45-14-4-8-21-53(45)62-58(43)48/h1-35H. The van der Waals surface area contributed by atoms with E-state index in [1.165, 1.54) is 5.39 Å². The Kier molecular flexibility index (Phi) is 7.57. The highest BCUT2D eigenvalue weighted by Crippen LogP contribution is 2.46. The van der Waals surface area contributed by atoms with Crippen molar-refractivity contribution < 1.29 is 13.3 Å². The molecule has 0 saturated heterocycles. The molecule has 13 aromatic rings. The maximum atomic E-state index is 6.57. The monoisotopic (exact) mass is 793 g/mol. The Labute approximate surface area is 356 Å². The van der Waals surface area contributed by atoms with Gasteiger partial charge in [0.2, 0.25) is 0 Å². The Hall–Kier alpha value is -8.34. The van der Waals surface area contributed by atoms with Gasteiger partial charge in [-0.3, -0.25) is 0 Å². The van der Waals surface area contributed by atoms with Crippen LogP contribution in [0.1, 0.15) is 0 Å². The van der Waals surface area contributed by atoms with Crippen molar-refractivity contribution in [3.8, 4) is 33.4 Å². The maximum Gasteiger partial charge on any atom is 0.143 e. The molecule has 10 aromatic carbocycles. The molecular weight excluding hydrogens is 759 g/mol. The van der Waals surface area contributed by atoms with Crippen molar-refractivity contribution in [2.45, 2.75) is 0 Å². The molecular formula is C58H35NO3. The molecule has 4 nitrogen and oxygen atoms in total. The van der Waals surface area contributed by atoms with Crippen molar-refractivity contribution >= 4 is 93.7 Å². The average molecular weight is 794 g/mol. The van der Waals surface area contributed by atoms with Crippen LogP contribution in [0.5, 0.6) is 0 Å². The van der Waals surface area contributed by atoms with Crippen LogP contribution in [0, 0.1) is 0 Å². The second-order valence-corrected chi connectivity index (χ2v) is 16.0. The van der Waals surface area contributed by atoms with E-state index in [1.807, 2.05) is 24.3 Å². The van der Waals surface area contributed by atoms with Crippen molar-refractivity contribution in [3.05, 3.63) is 212 Å². The Morgan fingerprint density at radius 2 is 0.839 bits per heavy atom. The molecule has 4 heteroatoms. The molecule has 0 spiro atoms. The molecule has 0 aliphatic rings. The summed E-state index contributed by atoms with van der Waals surface area (Å²) in [5.74, 6) is 0. The molecule has 3 aromatic heterocycles. The number of fused-ring (bicyclic) bond motifs is 10. The van der Waals surface area contributed by atoms with Crippen molar-refractivity contribution in [2.75, 3.05) is 4.90 Å². The largest absolute Gasteiger partial charge is 0.456 e. The highest BCUT2D eigenvalue weighted by molar-refractivity contribution is 6.17. The highest BCUT2D eigenvalue weighted by Gasteiger charge is 2.22. The molecule has 62 heavy (non-hydrogen) atoms. The van der Waals surface area contributed by atoms with Crippen LogP contribution in [0.3, 0.4) is 0 Å². The van der Waals surface area contributed by atoms with Crippen molar-refractivity contribution in [1.29, 1.82) is 0 Å². The van der Waals surface area contributed by atoms with Crippen LogP contribution < -0.4 is 4.90 Å². The molecule has 3 heterocycles. The molecule has 290 valence electrons. The highest BCUT2D eigenvalue weighted by atomic mass is 16.3. The van der Waals surface area contributed by atoms with Gasteiger partial charge >= 0.3 is 0 Å². The van der Waals surface area contributed by atoms with E-state index in [-0.39, 0.29) is 0 Å². The van der Waals surface area contributed by atoms with Crippen LogP contribution in [0.25, 0.3) is 110 Å². The lowest BCUT2D eigenvalue weighted by Gasteiger charge is -2.28. The lowest BCUT2D eigenvalue weighted by Crippen LogP contribution is -2.11. The first kappa shape index (κ1) is 34.5. The molecule has 13 rings (SSSR count). The Bertz CT molecular complexity index is 3870. The topological polar surface area (TPSA) is 42.7 Å². The molecule has 0 saturated carbocycles. The van der Waals surface area contributed by atoms with Crippen LogP contribution in [-0.4, -0.2) is 0 Å². The van der Waals surface area contributed by atoms with E-state index in [2.05, 4.69) is 193 Å². The van der Waals surface area contributed by atoms with Gasteiger partial charge in [-0.25, -0.2) is 0 Å². The number of furan rings is 3. The van der Waals surface area contributed by atoms with E-state index < -0.39 is 0 Å². The lowest BCUT2D eigenvalue weighted by molar-refractivity contribution is 0.669. The normalized spacial score (nSPS) is 11.9.